The van der Waals surface area contributed by atoms with Gasteiger partial charge in [0.25, 0.3) is 0 Å². The monoisotopic (exact) mass is 172 g/mol. The van der Waals surface area contributed by atoms with Gasteiger partial charge in [0.15, 0.2) is 0 Å². The van der Waals surface area contributed by atoms with Crippen LogP contribution in [0.1, 0.15) is 59.8 Å². The van der Waals surface area contributed by atoms with Crippen molar-refractivity contribution >= 4 is 0 Å². The maximum Gasteiger partial charge on any atom is 0.0537 e. The van der Waals surface area contributed by atoms with Crippen LogP contribution in [0.15, 0.2) is 0 Å². The van der Waals surface area contributed by atoms with Crippen LogP contribution < -0.4 is 0 Å². The van der Waals surface area contributed by atoms with E-state index in [0.717, 1.165) is 19.3 Å². The number of hydrogen-bond donors (Lipinski definition) is 1. The second kappa shape index (κ2) is 5.58. The highest BCUT2D eigenvalue weighted by molar-refractivity contribution is 4.67. The van der Waals surface area contributed by atoms with Crippen LogP contribution in [-0.2, 0) is 0 Å². The van der Waals surface area contributed by atoms with Crippen molar-refractivity contribution in [3.8, 4) is 0 Å². The van der Waals surface area contributed by atoms with Crippen LogP contribution in [0.5, 0.6) is 0 Å². The fourth-order valence-corrected chi connectivity index (χ4v) is 1.20. The van der Waals surface area contributed by atoms with Gasteiger partial charge < -0.3 is 5.11 Å². The summed E-state index contributed by atoms with van der Waals surface area (Å²) in [6, 6.07) is 0. The average Bonchev–Trinajstić information content (AvgIpc) is 2.04. The summed E-state index contributed by atoms with van der Waals surface area (Å²) >= 11 is 0. The van der Waals surface area contributed by atoms with Crippen molar-refractivity contribution in [1.29, 1.82) is 0 Å². The third-order valence-electron chi connectivity index (χ3n) is 2.82. The van der Waals surface area contributed by atoms with Gasteiger partial charge in [-0.2, -0.15) is 0 Å². The number of aliphatic hydroxyl groups is 1. The Morgan fingerprint density at radius 1 is 1.25 bits per heavy atom. The van der Waals surface area contributed by atoms with Crippen LogP contribution in [0.2, 0.25) is 0 Å². The summed E-state index contributed by atoms with van der Waals surface area (Å²) in [7, 11) is 0. The zero-order valence-electron chi connectivity index (χ0n) is 9.06. The molecule has 1 atom stereocenters. The van der Waals surface area contributed by atoms with Crippen molar-refractivity contribution in [2.45, 2.75) is 65.9 Å². The van der Waals surface area contributed by atoms with Gasteiger partial charge in [0.05, 0.1) is 6.10 Å². The predicted octanol–water partition coefficient (Wildman–Crippen LogP) is 3.36. The maximum absolute atomic E-state index is 9.33. The molecule has 0 radical (unpaired) electrons. The minimum Gasteiger partial charge on any atom is -0.393 e. The van der Waals surface area contributed by atoms with Crippen molar-refractivity contribution in [1.82, 2.24) is 0 Å². The van der Waals surface area contributed by atoms with E-state index in [4.69, 9.17) is 0 Å². The number of aliphatic hydroxyl groups excluding tert-OH is 1. The highest BCUT2D eigenvalue weighted by Gasteiger charge is 2.14. The van der Waals surface area contributed by atoms with E-state index in [1.807, 2.05) is 6.92 Å². The van der Waals surface area contributed by atoms with Gasteiger partial charge in [-0.05, 0) is 24.7 Å². The molecular formula is C11H24O. The molecule has 0 fully saturated rings. The van der Waals surface area contributed by atoms with Gasteiger partial charge in [-0.15, -0.1) is 0 Å². The summed E-state index contributed by atoms with van der Waals surface area (Å²) in [6.45, 7) is 8.86. The third kappa shape index (κ3) is 5.59. The van der Waals surface area contributed by atoms with E-state index >= 15 is 0 Å². The Morgan fingerprint density at radius 3 is 2.25 bits per heavy atom. The van der Waals surface area contributed by atoms with E-state index in [9.17, 15) is 5.11 Å². The van der Waals surface area contributed by atoms with Gasteiger partial charge in [-0.1, -0.05) is 40.5 Å². The molecule has 0 aliphatic rings. The molecule has 0 amide bonds. The Hall–Kier alpha value is -0.0400. The molecule has 1 heteroatoms. The summed E-state index contributed by atoms with van der Waals surface area (Å²) in [5, 5.41) is 9.33. The molecule has 12 heavy (non-hydrogen) atoms. The molecule has 0 aromatic rings. The Labute approximate surface area is 77.2 Å². The molecule has 0 aliphatic carbocycles. The zero-order valence-corrected chi connectivity index (χ0v) is 9.06. The lowest BCUT2D eigenvalue weighted by atomic mass is 9.84. The summed E-state index contributed by atoms with van der Waals surface area (Å²) in [4.78, 5) is 0. The van der Waals surface area contributed by atoms with Crippen molar-refractivity contribution in [3.63, 3.8) is 0 Å². The van der Waals surface area contributed by atoms with Crippen LogP contribution >= 0.6 is 0 Å². The van der Waals surface area contributed by atoms with Crippen LogP contribution in [-0.4, -0.2) is 11.2 Å². The molecule has 0 aliphatic heterocycles. The Balaban J connectivity index is 3.42. The molecule has 0 saturated heterocycles. The van der Waals surface area contributed by atoms with E-state index in [1.54, 1.807) is 0 Å². The first-order valence-electron chi connectivity index (χ1n) is 5.20. The minimum atomic E-state index is -0.0716. The van der Waals surface area contributed by atoms with Gasteiger partial charge >= 0.3 is 0 Å². The largest absolute Gasteiger partial charge is 0.393 e. The summed E-state index contributed by atoms with van der Waals surface area (Å²) in [5.41, 5.74) is 0.466. The van der Waals surface area contributed by atoms with Crippen molar-refractivity contribution < 1.29 is 5.11 Å². The van der Waals surface area contributed by atoms with Gasteiger partial charge in [0.1, 0.15) is 0 Å². The standard InChI is InChI=1S/C11H24O/c1-5-10(12)8-7-9-11(3,4)6-2/h10,12H,5-9H2,1-4H3/t10-/m1/s1. The van der Waals surface area contributed by atoms with Crippen LogP contribution in [0.3, 0.4) is 0 Å². The molecular weight excluding hydrogens is 148 g/mol. The molecule has 0 unspecified atom stereocenters. The first-order chi connectivity index (χ1) is 5.52. The third-order valence-corrected chi connectivity index (χ3v) is 2.82. The lowest BCUT2D eigenvalue weighted by Gasteiger charge is -2.22. The Morgan fingerprint density at radius 2 is 1.83 bits per heavy atom. The van der Waals surface area contributed by atoms with Crippen LogP contribution in [0, 0.1) is 5.41 Å². The van der Waals surface area contributed by atoms with E-state index in [1.165, 1.54) is 12.8 Å². The van der Waals surface area contributed by atoms with Crippen LogP contribution in [0.4, 0.5) is 0 Å². The molecule has 0 aromatic heterocycles. The predicted molar refractivity (Wildman–Crippen MR) is 54.2 cm³/mol. The normalized spacial score (nSPS) is 14.8. The maximum atomic E-state index is 9.33. The Bertz CT molecular complexity index is 108. The van der Waals surface area contributed by atoms with E-state index in [2.05, 4.69) is 20.8 Å². The molecule has 0 spiro atoms. The van der Waals surface area contributed by atoms with Gasteiger partial charge in [0.2, 0.25) is 0 Å². The molecule has 0 rings (SSSR count). The van der Waals surface area contributed by atoms with E-state index in [-0.39, 0.29) is 6.10 Å². The quantitative estimate of drug-likeness (QED) is 0.651. The molecule has 74 valence electrons. The topological polar surface area (TPSA) is 20.2 Å². The van der Waals surface area contributed by atoms with Gasteiger partial charge in [-0.25, -0.2) is 0 Å². The van der Waals surface area contributed by atoms with Gasteiger partial charge in [-0.3, -0.25) is 0 Å². The fraction of sp³-hybridized carbons (Fsp3) is 1.00. The van der Waals surface area contributed by atoms with E-state index in [0.29, 0.717) is 5.41 Å². The molecule has 0 bridgehead atoms. The summed E-state index contributed by atoms with van der Waals surface area (Å²) in [6.07, 6.45) is 5.43. The highest BCUT2D eigenvalue weighted by atomic mass is 16.3. The number of rotatable bonds is 6. The van der Waals surface area contributed by atoms with Crippen LogP contribution in [0.25, 0.3) is 0 Å². The minimum absolute atomic E-state index is 0.0716. The Kier molecular flexibility index (Phi) is 5.56. The highest BCUT2D eigenvalue weighted by Crippen LogP contribution is 2.27. The second-order valence-corrected chi connectivity index (χ2v) is 4.47. The van der Waals surface area contributed by atoms with Gasteiger partial charge in [0, 0.05) is 0 Å². The molecule has 1 nitrogen and oxygen atoms in total. The van der Waals surface area contributed by atoms with E-state index < -0.39 is 0 Å². The van der Waals surface area contributed by atoms with Crippen molar-refractivity contribution in [2.24, 2.45) is 5.41 Å². The SMILES string of the molecule is CC[C@@H](O)CCCC(C)(C)CC. The summed E-state index contributed by atoms with van der Waals surface area (Å²) < 4.78 is 0. The molecule has 0 saturated carbocycles. The number of hydrogen-bond acceptors (Lipinski definition) is 1. The summed E-state index contributed by atoms with van der Waals surface area (Å²) in [5.74, 6) is 0. The lowest BCUT2D eigenvalue weighted by Crippen LogP contribution is -2.11. The van der Waals surface area contributed by atoms with Crippen molar-refractivity contribution in [2.75, 3.05) is 0 Å². The zero-order chi connectivity index (χ0) is 9.61. The van der Waals surface area contributed by atoms with Crippen molar-refractivity contribution in [3.05, 3.63) is 0 Å². The average molecular weight is 172 g/mol. The molecule has 1 N–H and O–H groups in total. The second-order valence-electron chi connectivity index (χ2n) is 4.47. The molecule has 0 heterocycles. The first-order valence-corrected chi connectivity index (χ1v) is 5.20. The molecule has 0 aromatic carbocycles. The lowest BCUT2D eigenvalue weighted by molar-refractivity contribution is 0.150. The smallest absolute Gasteiger partial charge is 0.0537 e. The first kappa shape index (κ1) is 12.0. The fourth-order valence-electron chi connectivity index (χ4n) is 1.20.